The maximum absolute atomic E-state index is 13.6. The molecule has 1 aromatic rings. The molecule has 0 spiro atoms. The van der Waals surface area contributed by atoms with Crippen molar-refractivity contribution < 1.29 is 18.7 Å². The minimum Gasteiger partial charge on any atom is -0.464 e. The van der Waals surface area contributed by atoms with Crippen LogP contribution in [0.4, 0.5) is 10.1 Å². The average Bonchev–Trinajstić information content (AvgIpc) is 2.45. The molecule has 5 heteroatoms. The molecule has 0 unspecified atom stereocenters. The van der Waals surface area contributed by atoms with Gasteiger partial charge in [-0.3, -0.25) is 0 Å². The van der Waals surface area contributed by atoms with Gasteiger partial charge in [-0.2, -0.15) is 0 Å². The monoisotopic (exact) mass is 273 g/mol. The van der Waals surface area contributed by atoms with Gasteiger partial charge >= 0.3 is 5.97 Å². The van der Waals surface area contributed by atoms with Crippen LogP contribution in [0, 0.1) is 5.82 Å². The summed E-state index contributed by atoms with van der Waals surface area (Å²) >= 11 is 0. The number of carbonyl (C=O) groups is 1. The Labute approximate surface area is 115 Å². The van der Waals surface area contributed by atoms with Crippen LogP contribution in [0.25, 0.3) is 11.6 Å². The molecular weight excluding hydrogens is 261 g/mol. The lowest BCUT2D eigenvalue weighted by molar-refractivity contribution is -0.136. The maximum atomic E-state index is 13.6. The number of benzene rings is 1. The Morgan fingerprint density at radius 1 is 1.50 bits per heavy atom. The second-order valence-corrected chi connectivity index (χ2v) is 4.19. The Morgan fingerprint density at radius 3 is 2.75 bits per heavy atom. The molecular formula is C15H12FNO3. The van der Waals surface area contributed by atoms with Gasteiger partial charge in [0.25, 0.3) is 0 Å². The highest BCUT2D eigenvalue weighted by Gasteiger charge is 2.28. The van der Waals surface area contributed by atoms with E-state index in [1.807, 2.05) is 0 Å². The van der Waals surface area contributed by atoms with E-state index < -0.39 is 11.8 Å². The predicted molar refractivity (Wildman–Crippen MR) is 74.1 cm³/mol. The van der Waals surface area contributed by atoms with Crippen molar-refractivity contribution in [1.29, 1.82) is 0 Å². The molecule has 0 saturated heterocycles. The standard InChI is InChI=1S/C15H12FNO3/c1-4-9-5-11(16)7-12-10(8-18)6-13(15(19)20-3)17(2)14(9)12/h4-7H,1H2,2-3H3. The third-order valence-electron chi connectivity index (χ3n) is 3.10. The lowest BCUT2D eigenvalue weighted by atomic mass is 9.95. The third kappa shape index (κ3) is 2.04. The van der Waals surface area contributed by atoms with E-state index in [9.17, 15) is 14.0 Å². The number of halogens is 1. The molecule has 0 radical (unpaired) electrons. The summed E-state index contributed by atoms with van der Waals surface area (Å²) in [5, 5.41) is 0. The molecule has 0 aliphatic carbocycles. The van der Waals surface area contributed by atoms with Crippen LogP contribution in [0.15, 0.2) is 30.5 Å². The Balaban J connectivity index is 2.76. The van der Waals surface area contributed by atoms with Crippen LogP contribution in [0.1, 0.15) is 11.1 Å². The number of likely N-dealkylation sites (N-methyl/N-ethyl adjacent to an activating group) is 1. The fourth-order valence-electron chi connectivity index (χ4n) is 2.17. The zero-order chi connectivity index (χ0) is 14.9. The highest BCUT2D eigenvalue weighted by atomic mass is 19.1. The van der Waals surface area contributed by atoms with E-state index in [1.165, 1.54) is 31.4 Å². The van der Waals surface area contributed by atoms with Gasteiger partial charge in [0.05, 0.1) is 18.4 Å². The van der Waals surface area contributed by atoms with E-state index >= 15 is 0 Å². The zero-order valence-electron chi connectivity index (χ0n) is 11.1. The summed E-state index contributed by atoms with van der Waals surface area (Å²) in [6.07, 6.45) is 2.79. The first-order chi connectivity index (χ1) is 9.53. The molecule has 0 atom stereocenters. The Kier molecular flexibility index (Phi) is 3.55. The largest absolute Gasteiger partial charge is 0.464 e. The van der Waals surface area contributed by atoms with Crippen LogP contribution >= 0.6 is 0 Å². The van der Waals surface area contributed by atoms with E-state index in [2.05, 4.69) is 11.3 Å². The van der Waals surface area contributed by atoms with Crippen LogP contribution in [0.2, 0.25) is 0 Å². The van der Waals surface area contributed by atoms with Gasteiger partial charge in [-0.15, -0.1) is 0 Å². The summed E-state index contributed by atoms with van der Waals surface area (Å²) in [6.45, 7) is 3.62. The van der Waals surface area contributed by atoms with Crippen LogP contribution in [-0.4, -0.2) is 26.1 Å². The van der Waals surface area contributed by atoms with Gasteiger partial charge in [0, 0.05) is 18.2 Å². The number of hydrogen-bond donors (Lipinski definition) is 0. The van der Waals surface area contributed by atoms with Gasteiger partial charge in [-0.25, -0.2) is 14.0 Å². The number of hydrogen-bond acceptors (Lipinski definition) is 4. The van der Waals surface area contributed by atoms with E-state index in [1.54, 1.807) is 17.9 Å². The Hall–Kier alpha value is -2.65. The number of fused-ring (bicyclic) bond motifs is 1. The van der Waals surface area contributed by atoms with Gasteiger partial charge in [0.15, 0.2) is 0 Å². The second kappa shape index (κ2) is 5.15. The number of esters is 1. The molecule has 2 rings (SSSR count). The van der Waals surface area contributed by atoms with E-state index in [4.69, 9.17) is 0 Å². The smallest absolute Gasteiger partial charge is 0.354 e. The van der Waals surface area contributed by atoms with Crippen LogP contribution in [0.3, 0.4) is 0 Å². The summed E-state index contributed by atoms with van der Waals surface area (Å²) in [5.74, 6) is 0.640. The predicted octanol–water partition coefficient (Wildman–Crippen LogP) is 2.19. The molecule has 4 nitrogen and oxygen atoms in total. The molecule has 0 aromatic heterocycles. The van der Waals surface area contributed by atoms with Crippen molar-refractivity contribution in [2.75, 3.05) is 19.1 Å². The first kappa shape index (κ1) is 13.8. The van der Waals surface area contributed by atoms with Gasteiger partial charge in [0.2, 0.25) is 0 Å². The molecule has 0 N–H and O–H groups in total. The van der Waals surface area contributed by atoms with Gasteiger partial charge in [0.1, 0.15) is 17.5 Å². The fourth-order valence-corrected chi connectivity index (χ4v) is 2.17. The number of carbonyl (C=O) groups excluding carboxylic acids is 2. The van der Waals surface area contributed by atoms with E-state index in [0.717, 1.165) is 0 Å². The summed E-state index contributed by atoms with van der Waals surface area (Å²) < 4.78 is 18.3. The number of anilines is 1. The topological polar surface area (TPSA) is 46.6 Å². The van der Waals surface area contributed by atoms with E-state index in [0.29, 0.717) is 16.8 Å². The molecule has 1 heterocycles. The maximum Gasteiger partial charge on any atom is 0.354 e. The summed E-state index contributed by atoms with van der Waals surface area (Å²) in [4.78, 5) is 24.4. The Morgan fingerprint density at radius 2 is 2.20 bits per heavy atom. The summed E-state index contributed by atoms with van der Waals surface area (Å²) in [6, 6.07) is 2.51. The SMILES string of the molecule is C=Cc1cc(F)cc2c1N(C)C(C(=O)OC)=CC2=C=O. The van der Waals surface area contributed by atoms with Crippen molar-refractivity contribution in [3.63, 3.8) is 0 Å². The summed E-state index contributed by atoms with van der Waals surface area (Å²) in [7, 11) is 2.88. The number of ether oxygens (including phenoxy) is 1. The highest BCUT2D eigenvalue weighted by Crippen LogP contribution is 2.38. The third-order valence-corrected chi connectivity index (χ3v) is 3.10. The molecule has 0 amide bonds. The number of nitrogens with zero attached hydrogens (tertiary/aromatic N) is 1. The first-order valence-electron chi connectivity index (χ1n) is 5.78. The van der Waals surface area contributed by atoms with Gasteiger partial charge in [-0.05, 0) is 18.2 Å². The minimum absolute atomic E-state index is 0.0982. The van der Waals surface area contributed by atoms with Crippen LogP contribution < -0.4 is 4.90 Å². The van der Waals surface area contributed by atoms with Crippen molar-refractivity contribution in [2.24, 2.45) is 0 Å². The molecule has 102 valence electrons. The first-order valence-corrected chi connectivity index (χ1v) is 5.78. The highest BCUT2D eigenvalue weighted by molar-refractivity contribution is 6.08. The zero-order valence-corrected chi connectivity index (χ0v) is 11.1. The molecule has 1 aliphatic rings. The number of rotatable bonds is 2. The molecule has 20 heavy (non-hydrogen) atoms. The van der Waals surface area contributed by atoms with Crippen molar-refractivity contribution in [1.82, 2.24) is 0 Å². The van der Waals surface area contributed by atoms with Crippen molar-refractivity contribution in [3.8, 4) is 0 Å². The molecule has 0 fully saturated rings. The summed E-state index contributed by atoms with van der Waals surface area (Å²) in [5.41, 5.74) is 1.63. The lowest BCUT2D eigenvalue weighted by Crippen LogP contribution is -2.28. The van der Waals surface area contributed by atoms with Gasteiger partial charge in [-0.1, -0.05) is 12.7 Å². The van der Waals surface area contributed by atoms with Gasteiger partial charge < -0.3 is 9.64 Å². The van der Waals surface area contributed by atoms with E-state index in [-0.39, 0.29) is 11.3 Å². The quantitative estimate of drug-likeness (QED) is 0.612. The van der Waals surface area contributed by atoms with Crippen LogP contribution in [-0.2, 0) is 14.3 Å². The number of methoxy groups -OCH3 is 1. The average molecular weight is 273 g/mol. The Bertz CT molecular complexity index is 685. The minimum atomic E-state index is -0.592. The lowest BCUT2D eigenvalue weighted by Gasteiger charge is -2.29. The van der Waals surface area contributed by atoms with Crippen molar-refractivity contribution in [3.05, 3.63) is 47.4 Å². The molecule has 1 aromatic carbocycles. The normalized spacial score (nSPS) is 13.2. The fraction of sp³-hybridized carbons (Fsp3) is 0.133. The molecule has 0 bridgehead atoms. The van der Waals surface area contributed by atoms with Crippen molar-refractivity contribution >= 4 is 29.2 Å². The number of allylic oxidation sites excluding steroid dienone is 2. The van der Waals surface area contributed by atoms with Crippen molar-refractivity contribution in [2.45, 2.75) is 0 Å². The molecule has 1 aliphatic heterocycles. The molecule has 0 saturated carbocycles. The second-order valence-electron chi connectivity index (χ2n) is 4.19. The van der Waals surface area contributed by atoms with Crippen LogP contribution in [0.5, 0.6) is 0 Å².